The first-order valence-corrected chi connectivity index (χ1v) is 6.15. The molecule has 2 N–H and O–H groups in total. The van der Waals surface area contributed by atoms with Crippen LogP contribution in [-0.2, 0) is 7.05 Å². The summed E-state index contributed by atoms with van der Waals surface area (Å²) in [4.78, 5) is 9.09. The van der Waals surface area contributed by atoms with Crippen molar-refractivity contribution in [2.45, 2.75) is 13.3 Å². The van der Waals surface area contributed by atoms with Gasteiger partial charge in [0.2, 0.25) is 5.95 Å². The number of rotatable bonds is 5. The third kappa shape index (κ3) is 2.24. The Labute approximate surface area is 107 Å². The molecule has 0 fully saturated rings. The second-order valence-corrected chi connectivity index (χ2v) is 4.24. The number of fused-ring (bicyclic) bond motifs is 1. The van der Waals surface area contributed by atoms with E-state index < -0.39 is 0 Å². The van der Waals surface area contributed by atoms with Crippen LogP contribution >= 0.6 is 0 Å². The molecule has 2 aromatic heterocycles. The Morgan fingerprint density at radius 2 is 2.17 bits per heavy atom. The lowest BCUT2D eigenvalue weighted by Gasteiger charge is -2.18. The molecule has 0 aliphatic heterocycles. The molecule has 0 aliphatic rings. The highest BCUT2D eigenvalue weighted by molar-refractivity contribution is 5.88. The van der Waals surface area contributed by atoms with Crippen LogP contribution in [-0.4, -0.2) is 35.2 Å². The molecule has 0 bridgehead atoms. The first-order chi connectivity index (χ1) is 8.67. The molecule has 2 rings (SSSR count). The lowest BCUT2D eigenvalue weighted by atomic mass is 10.3. The van der Waals surface area contributed by atoms with E-state index in [9.17, 15) is 0 Å². The lowest BCUT2D eigenvalue weighted by molar-refractivity contribution is 0.778. The Hall–Kier alpha value is -1.82. The summed E-state index contributed by atoms with van der Waals surface area (Å²) in [5.41, 5.74) is 4.00. The van der Waals surface area contributed by atoms with Crippen LogP contribution in [0, 0.1) is 0 Å². The maximum absolute atomic E-state index is 4.55. The molecule has 0 spiro atoms. The lowest BCUT2D eigenvalue weighted by Crippen LogP contribution is -2.31. The largest absolute Gasteiger partial charge is 0.354 e. The van der Waals surface area contributed by atoms with Gasteiger partial charge in [-0.15, -0.1) is 0 Å². The van der Waals surface area contributed by atoms with Gasteiger partial charge in [-0.05, 0) is 12.5 Å². The number of aromatic nitrogens is 3. The third-order valence-corrected chi connectivity index (χ3v) is 2.89. The Balaban J connectivity index is 2.51. The van der Waals surface area contributed by atoms with E-state index in [0.717, 1.165) is 29.8 Å². The normalized spacial score (nSPS) is 10.9. The number of aryl methyl sites for hydroxylation is 1. The van der Waals surface area contributed by atoms with Crippen molar-refractivity contribution < 1.29 is 0 Å². The molecule has 0 saturated carbocycles. The van der Waals surface area contributed by atoms with Crippen LogP contribution in [0.5, 0.6) is 0 Å². The monoisotopic (exact) mass is 248 g/mol. The number of nitrogens with zero attached hydrogens (tertiary/aromatic N) is 4. The van der Waals surface area contributed by atoms with Crippen molar-refractivity contribution in [2.75, 3.05) is 31.0 Å². The molecular weight excluding hydrogens is 228 g/mol. The molecule has 0 unspecified atom stereocenters. The summed E-state index contributed by atoms with van der Waals surface area (Å²) in [6, 6.07) is 2.03. The van der Waals surface area contributed by atoms with Crippen molar-refractivity contribution in [3.8, 4) is 0 Å². The molecule has 6 nitrogen and oxygen atoms in total. The number of anilines is 2. The van der Waals surface area contributed by atoms with Crippen LogP contribution in [0.4, 0.5) is 11.8 Å². The fourth-order valence-corrected chi connectivity index (χ4v) is 1.80. The Morgan fingerprint density at radius 3 is 2.83 bits per heavy atom. The Bertz CT molecular complexity index is 533. The first kappa shape index (κ1) is 12.6. The van der Waals surface area contributed by atoms with Crippen LogP contribution in [0.15, 0.2) is 12.3 Å². The minimum absolute atomic E-state index is 0.670. The van der Waals surface area contributed by atoms with Crippen LogP contribution in [0.25, 0.3) is 11.0 Å². The van der Waals surface area contributed by atoms with Crippen LogP contribution < -0.4 is 15.8 Å². The third-order valence-electron chi connectivity index (χ3n) is 2.89. The second kappa shape index (κ2) is 5.22. The smallest absolute Gasteiger partial charge is 0.226 e. The van der Waals surface area contributed by atoms with Gasteiger partial charge in [-0.1, -0.05) is 6.92 Å². The minimum Gasteiger partial charge on any atom is -0.354 e. The van der Waals surface area contributed by atoms with Gasteiger partial charge in [-0.3, -0.25) is 5.01 Å². The molecule has 0 aliphatic carbocycles. The molecule has 0 radical (unpaired) electrons. The molecule has 2 aromatic rings. The van der Waals surface area contributed by atoms with Crippen LogP contribution in [0.1, 0.15) is 13.3 Å². The van der Waals surface area contributed by atoms with Gasteiger partial charge in [-0.25, -0.2) is 5.43 Å². The summed E-state index contributed by atoms with van der Waals surface area (Å²) in [5, 5.41) is 6.16. The van der Waals surface area contributed by atoms with E-state index in [1.54, 1.807) is 0 Å². The summed E-state index contributed by atoms with van der Waals surface area (Å²) < 4.78 is 2.00. The number of nitrogens with one attached hydrogen (secondary N) is 2. The quantitative estimate of drug-likeness (QED) is 0.782. The molecular formula is C12H20N6. The number of hydrogen-bond donors (Lipinski definition) is 2. The van der Waals surface area contributed by atoms with Crippen LogP contribution in [0.2, 0.25) is 0 Å². The van der Waals surface area contributed by atoms with E-state index in [0.29, 0.717) is 5.95 Å². The van der Waals surface area contributed by atoms with Gasteiger partial charge in [0.1, 0.15) is 5.65 Å². The summed E-state index contributed by atoms with van der Waals surface area (Å²) >= 11 is 0. The maximum atomic E-state index is 4.55. The van der Waals surface area contributed by atoms with Gasteiger partial charge in [0, 0.05) is 33.9 Å². The summed E-state index contributed by atoms with van der Waals surface area (Å²) in [7, 11) is 5.80. The van der Waals surface area contributed by atoms with E-state index in [2.05, 4.69) is 27.6 Å². The van der Waals surface area contributed by atoms with Crippen molar-refractivity contribution in [3.63, 3.8) is 0 Å². The van der Waals surface area contributed by atoms with Crippen molar-refractivity contribution in [1.29, 1.82) is 0 Å². The van der Waals surface area contributed by atoms with Gasteiger partial charge >= 0.3 is 0 Å². The van der Waals surface area contributed by atoms with Gasteiger partial charge in [0.05, 0.1) is 5.39 Å². The zero-order valence-corrected chi connectivity index (χ0v) is 11.4. The van der Waals surface area contributed by atoms with Crippen molar-refractivity contribution in [1.82, 2.24) is 20.0 Å². The highest BCUT2D eigenvalue weighted by Crippen LogP contribution is 2.24. The van der Waals surface area contributed by atoms with Crippen molar-refractivity contribution in [2.24, 2.45) is 7.05 Å². The van der Waals surface area contributed by atoms with Gasteiger partial charge < -0.3 is 9.88 Å². The molecule has 18 heavy (non-hydrogen) atoms. The zero-order chi connectivity index (χ0) is 13.1. The van der Waals surface area contributed by atoms with E-state index >= 15 is 0 Å². The molecule has 98 valence electrons. The van der Waals surface area contributed by atoms with E-state index in [1.165, 1.54) is 0 Å². The average Bonchev–Trinajstić information content (AvgIpc) is 2.76. The molecule has 0 atom stereocenters. The number of hydrogen-bond acceptors (Lipinski definition) is 5. The standard InChI is InChI=1S/C12H20N6/c1-5-7-14-12-15-10-9(6-8-17(10)3)11(16-12)18(4)13-2/h6,8,13H,5,7H2,1-4H3,(H,14,15,16). The topological polar surface area (TPSA) is 58.0 Å². The van der Waals surface area contributed by atoms with E-state index in [4.69, 9.17) is 0 Å². The van der Waals surface area contributed by atoms with Crippen molar-refractivity contribution >= 4 is 22.8 Å². The predicted molar refractivity (Wildman–Crippen MR) is 74.8 cm³/mol. The molecule has 0 aromatic carbocycles. The summed E-state index contributed by atoms with van der Waals surface area (Å²) in [5.74, 6) is 1.55. The van der Waals surface area contributed by atoms with Gasteiger partial charge in [0.25, 0.3) is 0 Å². The van der Waals surface area contributed by atoms with E-state index in [-0.39, 0.29) is 0 Å². The summed E-state index contributed by atoms with van der Waals surface area (Å²) in [6.45, 7) is 2.99. The molecule has 2 heterocycles. The van der Waals surface area contributed by atoms with E-state index in [1.807, 2.05) is 43.0 Å². The fraction of sp³-hybridized carbons (Fsp3) is 0.500. The molecule has 0 saturated heterocycles. The Kier molecular flexibility index (Phi) is 3.66. The van der Waals surface area contributed by atoms with Crippen LogP contribution in [0.3, 0.4) is 0 Å². The highest BCUT2D eigenvalue weighted by atomic mass is 15.5. The summed E-state index contributed by atoms with van der Waals surface area (Å²) in [6.07, 6.45) is 3.04. The SMILES string of the molecule is CCCNc1nc(N(C)NC)c2ccn(C)c2n1. The number of hydrazine groups is 1. The van der Waals surface area contributed by atoms with Gasteiger partial charge in [-0.2, -0.15) is 9.97 Å². The minimum atomic E-state index is 0.670. The average molecular weight is 248 g/mol. The Morgan fingerprint density at radius 1 is 1.39 bits per heavy atom. The molecule has 0 amide bonds. The highest BCUT2D eigenvalue weighted by Gasteiger charge is 2.12. The van der Waals surface area contributed by atoms with Gasteiger partial charge in [0.15, 0.2) is 5.82 Å². The maximum Gasteiger partial charge on any atom is 0.226 e. The predicted octanol–water partition coefficient (Wildman–Crippen LogP) is 1.36. The molecule has 6 heteroatoms. The second-order valence-electron chi connectivity index (χ2n) is 4.24. The first-order valence-electron chi connectivity index (χ1n) is 6.15. The fourth-order valence-electron chi connectivity index (χ4n) is 1.80. The van der Waals surface area contributed by atoms with Crippen molar-refractivity contribution in [3.05, 3.63) is 12.3 Å². The zero-order valence-electron chi connectivity index (χ0n) is 11.4.